The molecule has 0 fully saturated rings. The van der Waals surface area contributed by atoms with Gasteiger partial charge in [-0.15, -0.1) is 17.0 Å². The summed E-state index contributed by atoms with van der Waals surface area (Å²) in [7, 11) is 2.09. The lowest BCUT2D eigenvalue weighted by Crippen LogP contribution is -2.24. The minimum Gasteiger partial charge on any atom is -0.362 e. The van der Waals surface area contributed by atoms with Gasteiger partial charge in [0.25, 0.3) is 0 Å². The summed E-state index contributed by atoms with van der Waals surface area (Å²) in [5.74, 6) is 0. The van der Waals surface area contributed by atoms with E-state index in [2.05, 4.69) is 48.3 Å². The zero-order valence-corrected chi connectivity index (χ0v) is 19.8. The van der Waals surface area contributed by atoms with Crippen LogP contribution in [-0.4, -0.2) is 36.9 Å². The lowest BCUT2D eigenvalue weighted by Gasteiger charge is -2.17. The minimum atomic E-state index is 0. The van der Waals surface area contributed by atoms with Gasteiger partial charge in [-0.1, -0.05) is 76.9 Å². The third-order valence-electron chi connectivity index (χ3n) is 4.99. The van der Waals surface area contributed by atoms with E-state index in [9.17, 15) is 0 Å². The number of halogens is 1. The van der Waals surface area contributed by atoms with Gasteiger partial charge in [-0.05, 0) is 32.1 Å². The molecule has 0 spiro atoms. The molecule has 0 aromatic rings. The average Bonchev–Trinajstić information content (AvgIpc) is 3.06. The van der Waals surface area contributed by atoms with Gasteiger partial charge in [-0.25, -0.2) is 0 Å². The monoisotopic (exact) mass is 444 g/mol. The van der Waals surface area contributed by atoms with Gasteiger partial charge < -0.3 is 14.5 Å². The van der Waals surface area contributed by atoms with Crippen molar-refractivity contribution in [3.8, 4) is 0 Å². The molecule has 0 saturated heterocycles. The molecule has 1 heterocycles. The third kappa shape index (κ3) is 17.4. The average molecular weight is 446 g/mol. The third-order valence-corrected chi connectivity index (χ3v) is 4.99. The molecule has 160 valence electrons. The second-order valence-corrected chi connectivity index (χ2v) is 7.76. The molecular formula is C23H45BrN2O. The van der Waals surface area contributed by atoms with E-state index >= 15 is 0 Å². The maximum absolute atomic E-state index is 5.72. The standard InChI is InChI=1S/C23H44N2O.BrH/c1-3-4-5-6-7-8-9-10-11-12-13-14-15-16-17-18-21-26-23-25-20-19-24(2)22-25;/h10-11,19-20H,3-9,12-18,21-23H2,1-2H3;1H/b11-10-;. The Labute approximate surface area is 180 Å². The van der Waals surface area contributed by atoms with Crippen LogP contribution >= 0.6 is 17.0 Å². The number of hydrogen-bond acceptors (Lipinski definition) is 3. The fourth-order valence-electron chi connectivity index (χ4n) is 3.31. The highest BCUT2D eigenvalue weighted by molar-refractivity contribution is 8.93. The zero-order chi connectivity index (χ0) is 18.7. The predicted molar refractivity (Wildman–Crippen MR) is 124 cm³/mol. The number of nitrogens with zero attached hydrogens (tertiary/aromatic N) is 2. The first-order valence-corrected chi connectivity index (χ1v) is 11.2. The molecular weight excluding hydrogens is 400 g/mol. The van der Waals surface area contributed by atoms with Crippen molar-refractivity contribution in [3.05, 3.63) is 24.6 Å². The van der Waals surface area contributed by atoms with E-state index in [0.29, 0.717) is 0 Å². The molecule has 1 rings (SSSR count). The molecule has 0 atom stereocenters. The van der Waals surface area contributed by atoms with Crippen molar-refractivity contribution in [1.82, 2.24) is 9.80 Å². The van der Waals surface area contributed by atoms with Crippen molar-refractivity contribution < 1.29 is 4.74 Å². The topological polar surface area (TPSA) is 15.7 Å². The van der Waals surface area contributed by atoms with Crippen LogP contribution in [0.5, 0.6) is 0 Å². The number of ether oxygens (including phenoxy) is 1. The van der Waals surface area contributed by atoms with E-state index in [0.717, 1.165) is 20.0 Å². The summed E-state index contributed by atoms with van der Waals surface area (Å²) in [6, 6.07) is 0. The number of allylic oxidation sites excluding steroid dienone is 2. The Morgan fingerprint density at radius 2 is 1.33 bits per heavy atom. The highest BCUT2D eigenvalue weighted by Gasteiger charge is 2.06. The second-order valence-electron chi connectivity index (χ2n) is 7.76. The van der Waals surface area contributed by atoms with E-state index < -0.39 is 0 Å². The van der Waals surface area contributed by atoms with Crippen LogP contribution < -0.4 is 0 Å². The summed E-state index contributed by atoms with van der Waals surface area (Å²) < 4.78 is 5.72. The van der Waals surface area contributed by atoms with Gasteiger partial charge in [-0.2, -0.15) is 0 Å². The zero-order valence-electron chi connectivity index (χ0n) is 18.0. The molecule has 1 aliphatic heterocycles. The fourth-order valence-corrected chi connectivity index (χ4v) is 3.31. The molecule has 4 heteroatoms. The Hall–Kier alpha value is -0.480. The fraction of sp³-hybridized carbons (Fsp3) is 0.826. The molecule has 0 N–H and O–H groups in total. The molecule has 0 aromatic carbocycles. The van der Waals surface area contributed by atoms with Crippen LogP contribution in [0.15, 0.2) is 24.6 Å². The van der Waals surface area contributed by atoms with Gasteiger partial charge in [0, 0.05) is 26.1 Å². The number of hydrogen-bond donors (Lipinski definition) is 0. The van der Waals surface area contributed by atoms with Crippen LogP contribution in [0.4, 0.5) is 0 Å². The minimum absolute atomic E-state index is 0. The van der Waals surface area contributed by atoms with E-state index in [-0.39, 0.29) is 17.0 Å². The SMILES string of the molecule is Br.CCCCCCCC/C=C\CCCCCCCCOCN1C=CN(C)C1. The van der Waals surface area contributed by atoms with E-state index in [1.54, 1.807) is 0 Å². The largest absolute Gasteiger partial charge is 0.362 e. The normalized spacial score (nSPS) is 13.7. The second kappa shape index (κ2) is 20.3. The molecule has 0 bridgehead atoms. The summed E-state index contributed by atoms with van der Waals surface area (Å²) in [4.78, 5) is 4.35. The molecule has 3 nitrogen and oxygen atoms in total. The van der Waals surface area contributed by atoms with Gasteiger partial charge in [0.2, 0.25) is 0 Å². The van der Waals surface area contributed by atoms with Gasteiger partial charge >= 0.3 is 0 Å². The van der Waals surface area contributed by atoms with Crippen LogP contribution in [0.1, 0.15) is 96.8 Å². The molecule has 0 aromatic heterocycles. The number of unbranched alkanes of at least 4 members (excludes halogenated alkanes) is 12. The highest BCUT2D eigenvalue weighted by Crippen LogP contribution is 2.10. The molecule has 1 aliphatic rings. The summed E-state index contributed by atoms with van der Waals surface area (Å²) in [5, 5.41) is 0. The van der Waals surface area contributed by atoms with Crippen LogP contribution in [0.25, 0.3) is 0 Å². The molecule has 0 amide bonds. The van der Waals surface area contributed by atoms with Gasteiger partial charge in [0.05, 0.1) is 6.67 Å². The first-order chi connectivity index (χ1) is 12.8. The van der Waals surface area contributed by atoms with Crippen molar-refractivity contribution >= 4 is 17.0 Å². The van der Waals surface area contributed by atoms with Crippen molar-refractivity contribution in [3.63, 3.8) is 0 Å². The lowest BCUT2D eigenvalue weighted by molar-refractivity contribution is 0.0449. The van der Waals surface area contributed by atoms with E-state index in [4.69, 9.17) is 4.74 Å². The Kier molecular flexibility index (Phi) is 19.9. The molecule has 27 heavy (non-hydrogen) atoms. The smallest absolute Gasteiger partial charge is 0.119 e. The summed E-state index contributed by atoms with van der Waals surface area (Å²) >= 11 is 0. The highest BCUT2D eigenvalue weighted by atomic mass is 79.9. The Bertz CT molecular complexity index is 360. The molecule has 0 saturated carbocycles. The van der Waals surface area contributed by atoms with Crippen molar-refractivity contribution in [2.24, 2.45) is 0 Å². The van der Waals surface area contributed by atoms with Gasteiger partial charge in [0.1, 0.15) is 6.73 Å². The quantitative estimate of drug-likeness (QED) is 0.163. The lowest BCUT2D eigenvalue weighted by atomic mass is 10.1. The summed E-state index contributed by atoms with van der Waals surface area (Å²) in [6.07, 6.45) is 28.0. The van der Waals surface area contributed by atoms with Crippen LogP contribution in [0.3, 0.4) is 0 Å². The van der Waals surface area contributed by atoms with Crippen LogP contribution in [0, 0.1) is 0 Å². The summed E-state index contributed by atoms with van der Waals surface area (Å²) in [5.41, 5.74) is 0. The Morgan fingerprint density at radius 1 is 0.778 bits per heavy atom. The van der Waals surface area contributed by atoms with Crippen molar-refractivity contribution in [2.75, 3.05) is 27.1 Å². The Morgan fingerprint density at radius 3 is 1.89 bits per heavy atom. The number of rotatable bonds is 18. The predicted octanol–water partition coefficient (Wildman–Crippen LogP) is 7.25. The summed E-state index contributed by atoms with van der Waals surface area (Å²) in [6.45, 7) is 4.86. The van der Waals surface area contributed by atoms with Crippen molar-refractivity contribution in [1.29, 1.82) is 0 Å². The maximum atomic E-state index is 5.72. The molecule has 0 radical (unpaired) electrons. The van der Waals surface area contributed by atoms with E-state index in [1.165, 1.54) is 89.9 Å². The molecule has 0 aliphatic carbocycles. The van der Waals surface area contributed by atoms with Crippen LogP contribution in [0.2, 0.25) is 0 Å². The van der Waals surface area contributed by atoms with Crippen molar-refractivity contribution in [2.45, 2.75) is 96.8 Å². The Balaban J connectivity index is 0.00000676. The first kappa shape index (κ1) is 26.5. The van der Waals surface area contributed by atoms with Gasteiger partial charge in [-0.3, -0.25) is 0 Å². The first-order valence-electron chi connectivity index (χ1n) is 11.2. The van der Waals surface area contributed by atoms with Gasteiger partial charge in [0.15, 0.2) is 0 Å². The van der Waals surface area contributed by atoms with E-state index in [1.807, 2.05) is 0 Å². The van der Waals surface area contributed by atoms with Crippen LogP contribution in [-0.2, 0) is 4.74 Å². The maximum Gasteiger partial charge on any atom is 0.119 e. The molecule has 0 unspecified atom stereocenters.